The molecule has 0 heterocycles. The monoisotopic (exact) mass is 268 g/mol. The van der Waals surface area contributed by atoms with Gasteiger partial charge in [-0.1, -0.05) is 39.8 Å². The summed E-state index contributed by atoms with van der Waals surface area (Å²) in [5.74, 6) is 0.366. The van der Waals surface area contributed by atoms with E-state index in [0.717, 1.165) is 12.8 Å². The molecule has 1 aliphatic rings. The maximum atomic E-state index is 12.3. The highest BCUT2D eigenvalue weighted by Crippen LogP contribution is 2.37. The third-order valence-corrected chi connectivity index (χ3v) is 8.79. The van der Waals surface area contributed by atoms with Crippen molar-refractivity contribution >= 4 is 14.3 Å². The van der Waals surface area contributed by atoms with E-state index in [2.05, 4.69) is 46.0 Å². The van der Waals surface area contributed by atoms with E-state index < -0.39 is 8.32 Å². The topological polar surface area (TPSA) is 26.3 Å². The van der Waals surface area contributed by atoms with Gasteiger partial charge in [0.15, 0.2) is 0 Å². The van der Waals surface area contributed by atoms with Crippen molar-refractivity contribution in [1.29, 1.82) is 0 Å². The Morgan fingerprint density at radius 2 is 2.00 bits per heavy atom. The van der Waals surface area contributed by atoms with Crippen LogP contribution < -0.4 is 0 Å². The van der Waals surface area contributed by atoms with Crippen LogP contribution in [0.5, 0.6) is 0 Å². The lowest BCUT2D eigenvalue weighted by Crippen LogP contribution is -2.44. The smallest absolute Gasteiger partial charge is 0.295 e. The summed E-state index contributed by atoms with van der Waals surface area (Å²) < 4.78 is 5.88. The standard InChI is InChI=1S/C15H28O2Si/c1-12(13-10-8-7-9-11-13)14(16)17-18(5,6)15(2,3)4/h8,10,12-13H,7,9,11H2,1-6H3/t12-,13+/m1/s1. The molecule has 0 N–H and O–H groups in total. The predicted molar refractivity (Wildman–Crippen MR) is 78.9 cm³/mol. The fourth-order valence-electron chi connectivity index (χ4n) is 1.93. The van der Waals surface area contributed by atoms with Gasteiger partial charge in [0.25, 0.3) is 14.3 Å². The van der Waals surface area contributed by atoms with Gasteiger partial charge in [0.05, 0.1) is 5.92 Å². The van der Waals surface area contributed by atoms with Gasteiger partial charge in [-0.3, -0.25) is 4.79 Å². The molecular formula is C15H28O2Si. The van der Waals surface area contributed by atoms with Crippen LogP contribution in [0.3, 0.4) is 0 Å². The van der Waals surface area contributed by atoms with E-state index in [9.17, 15) is 4.79 Å². The minimum absolute atomic E-state index is 0.00172. The van der Waals surface area contributed by atoms with Gasteiger partial charge in [-0.25, -0.2) is 0 Å². The first-order chi connectivity index (χ1) is 8.15. The maximum Gasteiger partial charge on any atom is 0.295 e. The molecule has 18 heavy (non-hydrogen) atoms. The Hall–Kier alpha value is -0.573. The summed E-state index contributed by atoms with van der Waals surface area (Å²) >= 11 is 0. The number of allylic oxidation sites excluding steroid dienone is 2. The molecule has 0 aromatic rings. The lowest BCUT2D eigenvalue weighted by atomic mass is 9.86. The Morgan fingerprint density at radius 3 is 2.44 bits per heavy atom. The van der Waals surface area contributed by atoms with E-state index in [1.807, 2.05) is 6.92 Å². The molecule has 0 aromatic heterocycles. The van der Waals surface area contributed by atoms with Crippen molar-refractivity contribution in [3.63, 3.8) is 0 Å². The van der Waals surface area contributed by atoms with Gasteiger partial charge >= 0.3 is 0 Å². The number of hydrogen-bond acceptors (Lipinski definition) is 2. The minimum atomic E-state index is -1.97. The van der Waals surface area contributed by atoms with Crippen molar-refractivity contribution in [2.45, 2.75) is 65.1 Å². The summed E-state index contributed by atoms with van der Waals surface area (Å²) in [7, 11) is -1.97. The molecule has 1 rings (SSSR count). The lowest BCUT2D eigenvalue weighted by molar-refractivity contribution is -0.140. The van der Waals surface area contributed by atoms with Crippen LogP contribution in [-0.2, 0) is 9.22 Å². The molecule has 0 spiro atoms. The average molecular weight is 268 g/mol. The zero-order valence-electron chi connectivity index (χ0n) is 12.7. The first-order valence-corrected chi connectivity index (χ1v) is 9.95. The highest BCUT2D eigenvalue weighted by Gasteiger charge is 2.41. The lowest BCUT2D eigenvalue weighted by Gasteiger charge is -2.37. The summed E-state index contributed by atoms with van der Waals surface area (Å²) in [4.78, 5) is 12.3. The molecule has 0 unspecified atom stereocenters. The molecule has 0 radical (unpaired) electrons. The molecule has 1 aliphatic carbocycles. The molecule has 0 fully saturated rings. The highest BCUT2D eigenvalue weighted by atomic mass is 28.4. The number of carbonyl (C=O) groups is 1. The van der Waals surface area contributed by atoms with Crippen LogP contribution in [0.2, 0.25) is 18.1 Å². The van der Waals surface area contributed by atoms with E-state index in [1.54, 1.807) is 0 Å². The Morgan fingerprint density at radius 1 is 1.39 bits per heavy atom. The predicted octanol–water partition coefficient (Wildman–Crippen LogP) is 4.53. The zero-order chi connectivity index (χ0) is 14.0. The van der Waals surface area contributed by atoms with E-state index in [0.29, 0.717) is 5.92 Å². The van der Waals surface area contributed by atoms with E-state index in [4.69, 9.17) is 4.43 Å². The van der Waals surface area contributed by atoms with E-state index >= 15 is 0 Å². The third kappa shape index (κ3) is 3.71. The van der Waals surface area contributed by atoms with Gasteiger partial charge in [-0.05, 0) is 43.3 Å². The summed E-state index contributed by atoms with van der Waals surface area (Å²) in [6.45, 7) is 12.8. The molecule has 2 nitrogen and oxygen atoms in total. The second-order valence-electron chi connectivity index (χ2n) is 6.99. The SMILES string of the molecule is C[C@@H](C(=O)O[Si](C)(C)C(C)(C)C)[C@H]1C=CCCC1. The number of rotatable bonds is 3. The van der Waals surface area contributed by atoms with Crippen molar-refractivity contribution in [3.8, 4) is 0 Å². The summed E-state index contributed by atoms with van der Waals surface area (Å²) in [6.07, 6.45) is 7.86. The van der Waals surface area contributed by atoms with Crippen molar-refractivity contribution in [2.24, 2.45) is 11.8 Å². The molecule has 104 valence electrons. The van der Waals surface area contributed by atoms with Gasteiger partial charge in [0.2, 0.25) is 0 Å². The van der Waals surface area contributed by atoms with Gasteiger partial charge in [-0.2, -0.15) is 0 Å². The van der Waals surface area contributed by atoms with Crippen molar-refractivity contribution in [2.75, 3.05) is 0 Å². The molecule has 0 aromatic carbocycles. The van der Waals surface area contributed by atoms with Crippen LogP contribution in [0.25, 0.3) is 0 Å². The second-order valence-corrected chi connectivity index (χ2v) is 11.7. The number of hydrogen-bond donors (Lipinski definition) is 0. The van der Waals surface area contributed by atoms with E-state index in [1.165, 1.54) is 6.42 Å². The zero-order valence-corrected chi connectivity index (χ0v) is 13.7. The van der Waals surface area contributed by atoms with Crippen molar-refractivity contribution in [3.05, 3.63) is 12.2 Å². The third-order valence-electron chi connectivity index (χ3n) is 4.47. The maximum absolute atomic E-state index is 12.3. The molecule has 0 bridgehead atoms. The normalized spacial score (nSPS) is 22.7. The van der Waals surface area contributed by atoms with Crippen LogP contribution in [0.15, 0.2) is 12.2 Å². The van der Waals surface area contributed by atoms with Crippen LogP contribution in [-0.4, -0.2) is 14.3 Å². The molecule has 0 saturated heterocycles. The van der Waals surface area contributed by atoms with Crippen LogP contribution in [0, 0.1) is 11.8 Å². The fraction of sp³-hybridized carbons (Fsp3) is 0.800. The largest absolute Gasteiger partial charge is 0.519 e. The Balaban J connectivity index is 2.65. The quantitative estimate of drug-likeness (QED) is 0.555. The second kappa shape index (κ2) is 5.60. The van der Waals surface area contributed by atoms with Crippen LogP contribution in [0.1, 0.15) is 47.0 Å². The Bertz CT molecular complexity index is 326. The van der Waals surface area contributed by atoms with Gasteiger partial charge < -0.3 is 4.43 Å². The Kier molecular flexibility index (Phi) is 4.82. The molecule has 0 amide bonds. The minimum Gasteiger partial charge on any atom is -0.519 e. The molecule has 0 saturated carbocycles. The summed E-state index contributed by atoms with van der Waals surface area (Å²) in [6, 6.07) is 0. The molecule has 3 heteroatoms. The van der Waals surface area contributed by atoms with Gasteiger partial charge in [0, 0.05) is 0 Å². The summed E-state index contributed by atoms with van der Waals surface area (Å²) in [5, 5.41) is 0.0881. The highest BCUT2D eigenvalue weighted by molar-refractivity contribution is 6.75. The van der Waals surface area contributed by atoms with Gasteiger partial charge in [0.1, 0.15) is 0 Å². The molecule has 0 aliphatic heterocycles. The first kappa shape index (κ1) is 15.5. The van der Waals surface area contributed by atoms with Crippen LogP contribution >= 0.6 is 0 Å². The van der Waals surface area contributed by atoms with Crippen LogP contribution in [0.4, 0.5) is 0 Å². The van der Waals surface area contributed by atoms with Crippen molar-refractivity contribution in [1.82, 2.24) is 0 Å². The molecular weight excluding hydrogens is 240 g/mol. The Labute approximate surface area is 113 Å². The van der Waals surface area contributed by atoms with E-state index in [-0.39, 0.29) is 16.9 Å². The average Bonchev–Trinajstić information content (AvgIpc) is 2.27. The summed E-state index contributed by atoms with van der Waals surface area (Å²) in [5.41, 5.74) is 0. The fourth-order valence-corrected chi connectivity index (χ4v) is 2.92. The van der Waals surface area contributed by atoms with Crippen molar-refractivity contribution < 1.29 is 9.22 Å². The number of carbonyl (C=O) groups excluding carboxylic acids is 1. The first-order valence-electron chi connectivity index (χ1n) is 7.04. The molecule has 2 atom stereocenters. The van der Waals surface area contributed by atoms with Gasteiger partial charge in [-0.15, -0.1) is 0 Å².